The van der Waals surface area contributed by atoms with Gasteiger partial charge < -0.3 is 25.8 Å². The molecule has 0 radical (unpaired) electrons. The first-order valence-corrected chi connectivity index (χ1v) is 8.55. The lowest BCUT2D eigenvalue weighted by Crippen LogP contribution is -2.44. The maximum atomic E-state index is 11.8. The predicted octanol–water partition coefficient (Wildman–Crippen LogP) is 0.225. The molecule has 5 N–H and O–H groups in total. The summed E-state index contributed by atoms with van der Waals surface area (Å²) in [6.45, 7) is 3.11. The van der Waals surface area contributed by atoms with Gasteiger partial charge in [0.05, 0.1) is 12.0 Å². The van der Waals surface area contributed by atoms with Gasteiger partial charge in [0.15, 0.2) is 0 Å². The lowest BCUT2D eigenvalue weighted by molar-refractivity contribution is -0.145. The van der Waals surface area contributed by atoms with Crippen LogP contribution in [0, 0.1) is 11.8 Å². The molecule has 0 bridgehead atoms. The minimum absolute atomic E-state index is 0.0298. The number of carbonyl (C=O) groups excluding carboxylic acids is 1. The molecule has 1 aliphatic carbocycles. The van der Waals surface area contributed by atoms with Crippen molar-refractivity contribution in [3.05, 3.63) is 0 Å². The van der Waals surface area contributed by atoms with Gasteiger partial charge in [-0.2, -0.15) is 0 Å². The Balaban J connectivity index is 0.000000463. The van der Waals surface area contributed by atoms with Crippen molar-refractivity contribution in [2.24, 2.45) is 11.8 Å². The third-order valence-corrected chi connectivity index (χ3v) is 4.51. The topological polar surface area (TPSA) is 119 Å². The van der Waals surface area contributed by atoms with E-state index in [1.807, 2.05) is 0 Å². The molecule has 2 aliphatic rings. The van der Waals surface area contributed by atoms with Crippen LogP contribution in [0.5, 0.6) is 0 Å². The van der Waals surface area contributed by atoms with Crippen LogP contribution in [-0.4, -0.2) is 53.3 Å². The summed E-state index contributed by atoms with van der Waals surface area (Å²) < 4.78 is 0. The van der Waals surface area contributed by atoms with E-state index in [4.69, 9.17) is 15.2 Å². The molecule has 0 aromatic rings. The van der Waals surface area contributed by atoms with Gasteiger partial charge in [0.25, 0.3) is 0 Å². The molecule has 1 saturated carbocycles. The van der Waals surface area contributed by atoms with E-state index >= 15 is 0 Å². The summed E-state index contributed by atoms with van der Waals surface area (Å²) in [7, 11) is -1.12. The Bertz CT molecular complexity index is 375. The lowest BCUT2D eigenvalue weighted by Gasteiger charge is -2.29. The van der Waals surface area contributed by atoms with E-state index in [1.54, 1.807) is 6.92 Å². The fourth-order valence-electron chi connectivity index (χ4n) is 3.04. The van der Waals surface area contributed by atoms with E-state index in [0.29, 0.717) is 12.9 Å². The molecule has 1 aliphatic heterocycles. The zero-order valence-electron chi connectivity index (χ0n) is 13.8. The molecule has 1 amide bonds. The number of amides is 1. The fraction of sp³-hybridized carbons (Fsp3) is 0.867. The molecule has 0 aromatic heterocycles. The third-order valence-electron chi connectivity index (χ3n) is 4.51. The summed E-state index contributed by atoms with van der Waals surface area (Å²) in [6, 6.07) is -0.0723. The van der Waals surface area contributed by atoms with Crippen molar-refractivity contribution in [3.8, 4) is 0 Å². The smallest absolute Gasteiger partial charge is 0.451 e. The minimum Gasteiger partial charge on any atom is -0.481 e. The average molecular weight is 328 g/mol. The zero-order chi connectivity index (χ0) is 17.2. The molecule has 1 heterocycles. The van der Waals surface area contributed by atoms with Crippen LogP contribution in [0.2, 0.25) is 6.32 Å². The molecule has 0 spiro atoms. The Morgan fingerprint density at radius 1 is 1.17 bits per heavy atom. The van der Waals surface area contributed by atoms with Gasteiger partial charge in [0.1, 0.15) is 0 Å². The molecule has 23 heavy (non-hydrogen) atoms. The number of carbonyl (C=O) groups is 2. The largest absolute Gasteiger partial charge is 0.481 e. The van der Waals surface area contributed by atoms with E-state index in [2.05, 4.69) is 10.6 Å². The molecular formula is C15H29BN2O5. The highest BCUT2D eigenvalue weighted by atomic mass is 16.4. The first kappa shape index (κ1) is 19.9. The van der Waals surface area contributed by atoms with E-state index in [0.717, 1.165) is 45.1 Å². The normalized spacial score (nSPS) is 26.8. The molecule has 3 atom stereocenters. The minimum atomic E-state index is -1.12. The Kier molecular flexibility index (Phi) is 9.20. The van der Waals surface area contributed by atoms with Crippen molar-refractivity contribution in [1.82, 2.24) is 10.6 Å². The average Bonchev–Trinajstić information content (AvgIpc) is 3.07. The second-order valence-corrected chi connectivity index (χ2v) is 6.27. The number of rotatable bonds is 5. The maximum Gasteiger partial charge on any atom is 0.451 e. The summed E-state index contributed by atoms with van der Waals surface area (Å²) in [4.78, 5) is 23.0. The molecule has 1 saturated heterocycles. The highest BCUT2D eigenvalue weighted by molar-refractivity contribution is 6.40. The summed E-state index contributed by atoms with van der Waals surface area (Å²) in [5, 5.41) is 31.1. The van der Waals surface area contributed by atoms with Crippen LogP contribution in [0.4, 0.5) is 0 Å². The SMILES string of the molecule is CCB(O)O.O=C(NCC1CCCCC1C(=O)O)C1CCCN1. The number of carboxylic acids is 1. The van der Waals surface area contributed by atoms with Gasteiger partial charge in [-0.15, -0.1) is 0 Å². The Hall–Kier alpha value is -1.12. The first-order chi connectivity index (χ1) is 11.0. The van der Waals surface area contributed by atoms with E-state index in [1.165, 1.54) is 0 Å². The van der Waals surface area contributed by atoms with E-state index < -0.39 is 13.1 Å². The number of hydrogen-bond acceptors (Lipinski definition) is 5. The molecular weight excluding hydrogens is 299 g/mol. The number of carboxylic acid groups (broad SMARTS) is 1. The monoisotopic (exact) mass is 328 g/mol. The van der Waals surface area contributed by atoms with Crippen LogP contribution in [0.25, 0.3) is 0 Å². The van der Waals surface area contributed by atoms with Crippen LogP contribution in [0.15, 0.2) is 0 Å². The summed E-state index contributed by atoms with van der Waals surface area (Å²) in [6.07, 6.45) is 6.07. The summed E-state index contributed by atoms with van der Waals surface area (Å²) in [5.41, 5.74) is 0. The molecule has 7 nitrogen and oxygen atoms in total. The summed E-state index contributed by atoms with van der Waals surface area (Å²) in [5.74, 6) is -0.868. The van der Waals surface area contributed by atoms with Gasteiger partial charge in [-0.05, 0) is 44.5 Å². The fourth-order valence-corrected chi connectivity index (χ4v) is 3.04. The number of aliphatic carboxylic acids is 1. The van der Waals surface area contributed by atoms with Crippen LogP contribution in [-0.2, 0) is 9.59 Å². The predicted molar refractivity (Wildman–Crippen MR) is 87.8 cm³/mol. The quantitative estimate of drug-likeness (QED) is 0.461. The molecule has 132 valence electrons. The Morgan fingerprint density at radius 2 is 1.83 bits per heavy atom. The highest BCUT2D eigenvalue weighted by Gasteiger charge is 2.31. The van der Waals surface area contributed by atoms with Crippen molar-refractivity contribution >= 4 is 19.0 Å². The number of hydrogen-bond donors (Lipinski definition) is 5. The molecule has 2 fully saturated rings. The molecule has 2 rings (SSSR count). The van der Waals surface area contributed by atoms with E-state index in [9.17, 15) is 9.59 Å². The van der Waals surface area contributed by atoms with Gasteiger partial charge in [-0.25, -0.2) is 0 Å². The van der Waals surface area contributed by atoms with Gasteiger partial charge in [0, 0.05) is 6.54 Å². The van der Waals surface area contributed by atoms with Crippen molar-refractivity contribution in [2.75, 3.05) is 13.1 Å². The second kappa shape index (κ2) is 10.6. The highest BCUT2D eigenvalue weighted by Crippen LogP contribution is 2.29. The standard InChI is InChI=1S/C13H22N2O3.C2H7BO2/c16-12(11-6-3-7-14-11)15-8-9-4-1-2-5-10(9)13(17)18;1-2-3(4)5/h9-11,14H,1-8H2,(H,15,16)(H,17,18);4-5H,2H2,1H3. The van der Waals surface area contributed by atoms with Crippen molar-refractivity contribution in [2.45, 2.75) is 57.8 Å². The molecule has 8 heteroatoms. The van der Waals surface area contributed by atoms with Crippen LogP contribution >= 0.6 is 0 Å². The van der Waals surface area contributed by atoms with Gasteiger partial charge in [-0.1, -0.05) is 19.8 Å². The summed E-state index contributed by atoms with van der Waals surface area (Å²) >= 11 is 0. The van der Waals surface area contributed by atoms with Crippen LogP contribution in [0.1, 0.15) is 45.4 Å². The Morgan fingerprint density at radius 3 is 2.35 bits per heavy atom. The van der Waals surface area contributed by atoms with Crippen molar-refractivity contribution < 1.29 is 24.7 Å². The van der Waals surface area contributed by atoms with Crippen molar-refractivity contribution in [3.63, 3.8) is 0 Å². The van der Waals surface area contributed by atoms with Gasteiger partial charge in [0.2, 0.25) is 5.91 Å². The zero-order valence-corrected chi connectivity index (χ0v) is 13.8. The number of nitrogens with one attached hydrogen (secondary N) is 2. The van der Waals surface area contributed by atoms with Crippen LogP contribution < -0.4 is 10.6 Å². The second-order valence-electron chi connectivity index (χ2n) is 6.27. The van der Waals surface area contributed by atoms with Gasteiger partial charge in [-0.3, -0.25) is 9.59 Å². The Labute approximate surface area is 138 Å². The van der Waals surface area contributed by atoms with Gasteiger partial charge >= 0.3 is 13.1 Å². The van der Waals surface area contributed by atoms with Crippen molar-refractivity contribution in [1.29, 1.82) is 0 Å². The lowest BCUT2D eigenvalue weighted by atomic mass is 9.79. The molecule has 3 unspecified atom stereocenters. The third kappa shape index (κ3) is 7.33. The molecule has 0 aromatic carbocycles. The first-order valence-electron chi connectivity index (χ1n) is 8.55. The maximum absolute atomic E-state index is 11.8. The van der Waals surface area contributed by atoms with E-state index in [-0.39, 0.29) is 23.8 Å². The van der Waals surface area contributed by atoms with Crippen LogP contribution in [0.3, 0.4) is 0 Å².